The van der Waals surface area contributed by atoms with Crippen LogP contribution in [0.5, 0.6) is 0 Å². The minimum Gasteiger partial charge on any atom is -0.412 e. The SMILES string of the molecule is Cl.Cl.Nc1ccc(-c2ccc(N)cc2)cc1.O. The monoisotopic (exact) mass is 274 g/mol. The summed E-state index contributed by atoms with van der Waals surface area (Å²) in [5.74, 6) is 0. The van der Waals surface area contributed by atoms with Crippen molar-refractivity contribution in [2.24, 2.45) is 0 Å². The number of hydrogen-bond acceptors (Lipinski definition) is 2. The smallest absolute Gasteiger partial charge is 0.0314 e. The number of nitrogen functional groups attached to an aromatic ring is 2. The maximum Gasteiger partial charge on any atom is 0.0314 e. The summed E-state index contributed by atoms with van der Waals surface area (Å²) in [6.07, 6.45) is 0. The van der Waals surface area contributed by atoms with Gasteiger partial charge in [0.1, 0.15) is 0 Å². The van der Waals surface area contributed by atoms with Gasteiger partial charge in [0.15, 0.2) is 0 Å². The Bertz CT molecular complexity index is 386. The Morgan fingerprint density at radius 1 is 0.529 bits per heavy atom. The fourth-order valence-corrected chi connectivity index (χ4v) is 1.35. The number of nitrogens with two attached hydrogens (primary N) is 2. The van der Waals surface area contributed by atoms with Gasteiger partial charge in [-0.25, -0.2) is 0 Å². The number of rotatable bonds is 1. The zero-order chi connectivity index (χ0) is 9.97. The quantitative estimate of drug-likeness (QED) is 0.784. The van der Waals surface area contributed by atoms with Gasteiger partial charge in [0.2, 0.25) is 0 Å². The molecule has 0 fully saturated rings. The summed E-state index contributed by atoms with van der Waals surface area (Å²) < 4.78 is 0. The van der Waals surface area contributed by atoms with Crippen LogP contribution in [0.15, 0.2) is 48.5 Å². The average molecular weight is 275 g/mol. The Balaban J connectivity index is 0. The van der Waals surface area contributed by atoms with Gasteiger partial charge in [-0.3, -0.25) is 0 Å². The van der Waals surface area contributed by atoms with Gasteiger partial charge in [-0.15, -0.1) is 24.8 Å². The lowest BCUT2D eigenvalue weighted by Gasteiger charge is -2.02. The lowest BCUT2D eigenvalue weighted by atomic mass is 10.1. The average Bonchev–Trinajstić information content (AvgIpc) is 2.21. The predicted octanol–water partition coefficient (Wildman–Crippen LogP) is 2.54. The maximum absolute atomic E-state index is 5.61. The van der Waals surface area contributed by atoms with E-state index in [0.29, 0.717) is 0 Å². The molecule has 94 valence electrons. The molecule has 2 rings (SSSR count). The van der Waals surface area contributed by atoms with Gasteiger partial charge in [-0.2, -0.15) is 0 Å². The number of anilines is 2. The normalized spacial score (nSPS) is 8.24. The van der Waals surface area contributed by atoms with Gasteiger partial charge in [0.25, 0.3) is 0 Å². The topological polar surface area (TPSA) is 83.5 Å². The molecular formula is C12H16Cl2N2O. The molecule has 0 saturated heterocycles. The van der Waals surface area contributed by atoms with E-state index >= 15 is 0 Å². The van der Waals surface area contributed by atoms with Crippen molar-refractivity contribution in [3.8, 4) is 11.1 Å². The second kappa shape index (κ2) is 7.79. The van der Waals surface area contributed by atoms with Crippen LogP contribution >= 0.6 is 24.8 Å². The highest BCUT2D eigenvalue weighted by atomic mass is 35.5. The van der Waals surface area contributed by atoms with Crippen LogP contribution in [0.2, 0.25) is 0 Å². The van der Waals surface area contributed by atoms with Crippen molar-refractivity contribution in [3.05, 3.63) is 48.5 Å². The molecule has 0 aromatic heterocycles. The minimum absolute atomic E-state index is 0. The largest absolute Gasteiger partial charge is 0.412 e. The van der Waals surface area contributed by atoms with E-state index < -0.39 is 0 Å². The molecule has 0 spiro atoms. The van der Waals surface area contributed by atoms with Crippen LogP contribution < -0.4 is 11.5 Å². The van der Waals surface area contributed by atoms with Crippen molar-refractivity contribution >= 4 is 36.2 Å². The van der Waals surface area contributed by atoms with Crippen molar-refractivity contribution in [3.63, 3.8) is 0 Å². The molecule has 0 amide bonds. The minimum atomic E-state index is 0. The molecule has 0 aliphatic heterocycles. The van der Waals surface area contributed by atoms with Gasteiger partial charge in [-0.05, 0) is 35.4 Å². The molecule has 2 aromatic rings. The number of halogens is 2. The summed E-state index contributed by atoms with van der Waals surface area (Å²) in [4.78, 5) is 0. The van der Waals surface area contributed by atoms with E-state index in [9.17, 15) is 0 Å². The summed E-state index contributed by atoms with van der Waals surface area (Å²) >= 11 is 0. The van der Waals surface area contributed by atoms with Crippen LogP contribution in [0.3, 0.4) is 0 Å². The lowest BCUT2D eigenvalue weighted by molar-refractivity contribution is 0.824. The molecule has 0 bridgehead atoms. The first-order valence-corrected chi connectivity index (χ1v) is 4.47. The summed E-state index contributed by atoms with van der Waals surface area (Å²) in [6, 6.07) is 15.6. The molecule has 0 saturated carbocycles. The highest BCUT2D eigenvalue weighted by Crippen LogP contribution is 2.21. The van der Waals surface area contributed by atoms with Gasteiger partial charge in [0, 0.05) is 11.4 Å². The van der Waals surface area contributed by atoms with E-state index in [1.54, 1.807) is 0 Å². The Hall–Kier alpha value is -1.42. The fraction of sp³-hybridized carbons (Fsp3) is 0. The van der Waals surface area contributed by atoms with Crippen molar-refractivity contribution in [1.29, 1.82) is 0 Å². The van der Waals surface area contributed by atoms with Crippen LogP contribution in [0.1, 0.15) is 0 Å². The molecule has 0 atom stereocenters. The van der Waals surface area contributed by atoms with Gasteiger partial charge in [-0.1, -0.05) is 24.3 Å². The third-order valence-corrected chi connectivity index (χ3v) is 2.15. The first-order chi connectivity index (χ1) is 6.75. The van der Waals surface area contributed by atoms with Gasteiger partial charge < -0.3 is 16.9 Å². The molecule has 17 heavy (non-hydrogen) atoms. The predicted molar refractivity (Wildman–Crippen MR) is 78.8 cm³/mol. The Kier molecular flexibility index (Phi) is 8.23. The first kappa shape index (κ1) is 18.0. The van der Waals surface area contributed by atoms with E-state index in [1.165, 1.54) is 0 Å². The molecule has 3 nitrogen and oxygen atoms in total. The van der Waals surface area contributed by atoms with Gasteiger partial charge in [0.05, 0.1) is 0 Å². The summed E-state index contributed by atoms with van der Waals surface area (Å²) in [6.45, 7) is 0. The van der Waals surface area contributed by atoms with E-state index in [-0.39, 0.29) is 30.3 Å². The highest BCUT2D eigenvalue weighted by molar-refractivity contribution is 5.85. The van der Waals surface area contributed by atoms with Crippen molar-refractivity contribution < 1.29 is 5.48 Å². The zero-order valence-electron chi connectivity index (χ0n) is 9.09. The van der Waals surface area contributed by atoms with Gasteiger partial charge >= 0.3 is 0 Å². The third kappa shape index (κ3) is 4.53. The maximum atomic E-state index is 5.61. The van der Waals surface area contributed by atoms with Crippen LogP contribution in [0.4, 0.5) is 11.4 Å². The molecule has 5 heteroatoms. The van der Waals surface area contributed by atoms with Crippen LogP contribution in [0, 0.1) is 0 Å². The third-order valence-electron chi connectivity index (χ3n) is 2.15. The standard InChI is InChI=1S/C12H12N2.2ClH.H2O/c13-11-5-1-9(2-6-11)10-3-7-12(14)8-4-10;;;/h1-8H,13-14H2;2*1H;1H2. The molecule has 0 aliphatic rings. The summed E-state index contributed by atoms with van der Waals surface area (Å²) in [7, 11) is 0. The summed E-state index contributed by atoms with van der Waals surface area (Å²) in [5.41, 5.74) is 15.1. The van der Waals surface area contributed by atoms with E-state index in [0.717, 1.165) is 22.5 Å². The van der Waals surface area contributed by atoms with E-state index in [1.807, 2.05) is 48.5 Å². The molecular weight excluding hydrogens is 259 g/mol. The Morgan fingerprint density at radius 3 is 1.00 bits per heavy atom. The Morgan fingerprint density at radius 2 is 0.765 bits per heavy atom. The van der Waals surface area contributed by atoms with E-state index in [4.69, 9.17) is 11.5 Å². The Labute approximate surface area is 113 Å². The molecule has 0 aliphatic carbocycles. The zero-order valence-corrected chi connectivity index (χ0v) is 10.7. The fourth-order valence-electron chi connectivity index (χ4n) is 1.35. The molecule has 2 aromatic carbocycles. The van der Waals surface area contributed by atoms with Crippen LogP contribution in [-0.4, -0.2) is 5.48 Å². The van der Waals surface area contributed by atoms with Crippen LogP contribution in [-0.2, 0) is 0 Å². The molecule has 0 radical (unpaired) electrons. The lowest BCUT2D eigenvalue weighted by Crippen LogP contribution is -1.85. The van der Waals surface area contributed by atoms with Crippen molar-refractivity contribution in [1.82, 2.24) is 0 Å². The van der Waals surface area contributed by atoms with Crippen molar-refractivity contribution in [2.45, 2.75) is 0 Å². The second-order valence-corrected chi connectivity index (χ2v) is 3.24. The molecule has 0 unspecified atom stereocenters. The van der Waals surface area contributed by atoms with Crippen molar-refractivity contribution in [2.75, 3.05) is 11.5 Å². The number of benzene rings is 2. The first-order valence-electron chi connectivity index (χ1n) is 4.47. The highest BCUT2D eigenvalue weighted by Gasteiger charge is 1.95. The summed E-state index contributed by atoms with van der Waals surface area (Å²) in [5, 5.41) is 0. The molecule has 6 N–H and O–H groups in total. The number of hydrogen-bond donors (Lipinski definition) is 2. The second-order valence-electron chi connectivity index (χ2n) is 3.24. The van der Waals surface area contributed by atoms with E-state index in [2.05, 4.69) is 0 Å². The molecule has 0 heterocycles. The van der Waals surface area contributed by atoms with Crippen LogP contribution in [0.25, 0.3) is 11.1 Å².